The Hall–Kier alpha value is -0.610. The van der Waals surface area contributed by atoms with E-state index in [-0.39, 0.29) is 6.42 Å². The van der Waals surface area contributed by atoms with Crippen molar-refractivity contribution in [1.29, 1.82) is 0 Å². The largest absolute Gasteiger partial charge is 0.481 e. The van der Waals surface area contributed by atoms with Gasteiger partial charge in [0.25, 0.3) is 0 Å². The fourth-order valence-electron chi connectivity index (χ4n) is 1.90. The van der Waals surface area contributed by atoms with Gasteiger partial charge in [0, 0.05) is 0 Å². The highest BCUT2D eigenvalue weighted by Gasteiger charge is 2.37. The molecule has 0 unspecified atom stereocenters. The summed E-state index contributed by atoms with van der Waals surface area (Å²) < 4.78 is 0. The lowest BCUT2D eigenvalue weighted by molar-refractivity contribution is -0.150. The van der Waals surface area contributed by atoms with E-state index < -0.39 is 11.6 Å². The van der Waals surface area contributed by atoms with E-state index in [1.54, 1.807) is 0 Å². The van der Waals surface area contributed by atoms with Crippen LogP contribution in [0.2, 0.25) is 0 Å². The Bertz CT molecular complexity index is 185. The van der Waals surface area contributed by atoms with E-state index in [9.17, 15) is 4.79 Å². The molecule has 3 N–H and O–H groups in total. The monoisotopic (exact) mass is 187 g/mol. The first-order valence-corrected chi connectivity index (χ1v) is 4.68. The van der Waals surface area contributed by atoms with E-state index >= 15 is 0 Å². The van der Waals surface area contributed by atoms with Crippen LogP contribution in [0.5, 0.6) is 0 Å². The second-order valence-electron chi connectivity index (χ2n) is 4.05. The Morgan fingerprint density at radius 1 is 1.62 bits per heavy atom. The highest BCUT2D eigenvalue weighted by molar-refractivity contribution is 5.68. The molecule has 0 aromatic heterocycles. The van der Waals surface area contributed by atoms with E-state index in [4.69, 9.17) is 15.8 Å². The maximum atomic E-state index is 10.6. The topological polar surface area (TPSA) is 72.5 Å². The van der Waals surface area contributed by atoms with Crippen molar-refractivity contribution in [2.24, 2.45) is 11.8 Å². The van der Waals surface area contributed by atoms with Crippen molar-refractivity contribution in [3.63, 3.8) is 0 Å². The van der Waals surface area contributed by atoms with Crippen LogP contribution in [-0.4, -0.2) is 16.7 Å². The zero-order valence-corrected chi connectivity index (χ0v) is 7.95. The first-order valence-electron chi connectivity index (χ1n) is 4.68. The summed E-state index contributed by atoms with van der Waals surface area (Å²) in [5.41, 5.74) is -0.599. The van der Waals surface area contributed by atoms with Gasteiger partial charge < -0.3 is 5.11 Å². The molecular formula is C9H17NO3. The normalized spacial score (nSPS) is 34.5. The molecule has 1 rings (SSSR count). The third kappa shape index (κ3) is 2.67. The first kappa shape index (κ1) is 10.5. The smallest absolute Gasteiger partial charge is 0.306 e. The third-order valence-corrected chi connectivity index (χ3v) is 2.91. The number of hydrogen-bond acceptors (Lipinski definition) is 3. The van der Waals surface area contributed by atoms with Gasteiger partial charge in [-0.25, -0.2) is 5.90 Å². The number of carboxylic acids is 1. The van der Waals surface area contributed by atoms with E-state index in [0.717, 1.165) is 25.7 Å². The minimum atomic E-state index is -0.833. The van der Waals surface area contributed by atoms with Crippen LogP contribution in [0.25, 0.3) is 0 Å². The fourth-order valence-corrected chi connectivity index (χ4v) is 1.90. The summed E-state index contributed by atoms with van der Waals surface area (Å²) in [5.74, 6) is 5.00. The van der Waals surface area contributed by atoms with Gasteiger partial charge in [0.2, 0.25) is 0 Å². The Morgan fingerprint density at radius 2 is 2.15 bits per heavy atom. The summed E-state index contributed by atoms with van der Waals surface area (Å²) in [6.07, 6.45) is 3.55. The van der Waals surface area contributed by atoms with E-state index in [0.29, 0.717) is 5.92 Å². The van der Waals surface area contributed by atoms with E-state index in [1.165, 1.54) is 0 Å². The van der Waals surface area contributed by atoms with Gasteiger partial charge in [-0.2, -0.15) is 0 Å². The molecule has 0 amide bonds. The summed E-state index contributed by atoms with van der Waals surface area (Å²) >= 11 is 0. The molecule has 0 radical (unpaired) electrons. The number of hydrogen-bond donors (Lipinski definition) is 2. The second kappa shape index (κ2) is 4.07. The van der Waals surface area contributed by atoms with Crippen molar-refractivity contribution >= 4 is 5.97 Å². The molecule has 4 heteroatoms. The lowest BCUT2D eigenvalue weighted by atomic mass is 9.78. The Kier molecular flexibility index (Phi) is 3.27. The third-order valence-electron chi connectivity index (χ3n) is 2.91. The number of carbonyl (C=O) groups is 1. The molecule has 0 heterocycles. The predicted octanol–water partition coefficient (Wildman–Crippen LogP) is 1.30. The van der Waals surface area contributed by atoms with Crippen molar-refractivity contribution in [2.75, 3.05) is 0 Å². The van der Waals surface area contributed by atoms with Gasteiger partial charge in [0.05, 0.1) is 12.0 Å². The minimum absolute atomic E-state index is 0.0240. The molecule has 1 fully saturated rings. The Balaban J connectivity index is 2.55. The summed E-state index contributed by atoms with van der Waals surface area (Å²) in [5, 5.41) is 8.69. The number of rotatable bonds is 3. The van der Waals surface area contributed by atoms with Crippen molar-refractivity contribution < 1.29 is 14.7 Å². The summed E-state index contributed by atoms with van der Waals surface area (Å²) in [7, 11) is 0. The molecule has 0 aliphatic heterocycles. The van der Waals surface area contributed by atoms with Gasteiger partial charge in [0.15, 0.2) is 0 Å². The fraction of sp³-hybridized carbons (Fsp3) is 0.889. The van der Waals surface area contributed by atoms with Crippen molar-refractivity contribution in [3.8, 4) is 0 Å². The van der Waals surface area contributed by atoms with Gasteiger partial charge in [-0.15, -0.1) is 0 Å². The van der Waals surface area contributed by atoms with Crippen LogP contribution in [0.1, 0.15) is 39.0 Å². The predicted molar refractivity (Wildman–Crippen MR) is 47.9 cm³/mol. The molecule has 1 aliphatic rings. The van der Waals surface area contributed by atoms with Crippen molar-refractivity contribution in [1.82, 2.24) is 0 Å². The first-order chi connectivity index (χ1) is 6.08. The molecule has 0 saturated heterocycles. The van der Waals surface area contributed by atoms with E-state index in [1.807, 2.05) is 0 Å². The highest BCUT2D eigenvalue weighted by atomic mass is 16.6. The molecule has 4 nitrogen and oxygen atoms in total. The van der Waals surface area contributed by atoms with Gasteiger partial charge >= 0.3 is 5.97 Å². The summed E-state index contributed by atoms with van der Waals surface area (Å²) in [6.45, 7) is 2.17. The van der Waals surface area contributed by atoms with Crippen LogP contribution in [0.15, 0.2) is 0 Å². The molecule has 0 atom stereocenters. The van der Waals surface area contributed by atoms with Crippen LogP contribution in [0, 0.1) is 5.92 Å². The van der Waals surface area contributed by atoms with Gasteiger partial charge in [-0.05, 0) is 31.6 Å². The molecule has 0 aromatic carbocycles. The van der Waals surface area contributed by atoms with Crippen LogP contribution in [0.4, 0.5) is 0 Å². The van der Waals surface area contributed by atoms with Gasteiger partial charge in [-0.1, -0.05) is 6.92 Å². The standard InChI is InChI=1S/C9H17NO3/c1-7-2-4-9(13-10,5-3-7)6-8(11)12/h7H,2-6,10H2,1H3,(H,11,12). The number of carboxylic acid groups (broad SMARTS) is 1. The Morgan fingerprint density at radius 3 is 2.54 bits per heavy atom. The second-order valence-corrected chi connectivity index (χ2v) is 4.05. The van der Waals surface area contributed by atoms with Crippen LogP contribution < -0.4 is 5.90 Å². The Labute approximate surface area is 78.0 Å². The maximum absolute atomic E-state index is 10.6. The summed E-state index contributed by atoms with van der Waals surface area (Å²) in [6, 6.07) is 0. The molecule has 0 bridgehead atoms. The molecule has 0 spiro atoms. The van der Waals surface area contributed by atoms with Gasteiger partial charge in [0.1, 0.15) is 0 Å². The average Bonchev–Trinajstić information content (AvgIpc) is 2.09. The average molecular weight is 187 g/mol. The van der Waals surface area contributed by atoms with Crippen LogP contribution >= 0.6 is 0 Å². The zero-order valence-electron chi connectivity index (χ0n) is 7.95. The highest BCUT2D eigenvalue weighted by Crippen LogP contribution is 2.36. The SMILES string of the molecule is CC1CCC(CC(=O)O)(ON)CC1. The quantitative estimate of drug-likeness (QED) is 0.653. The lowest BCUT2D eigenvalue weighted by Gasteiger charge is -2.36. The molecule has 1 aliphatic carbocycles. The molecule has 13 heavy (non-hydrogen) atoms. The number of nitrogens with two attached hydrogens (primary N) is 1. The zero-order chi connectivity index (χ0) is 9.90. The molecule has 1 saturated carbocycles. The lowest BCUT2D eigenvalue weighted by Crippen LogP contribution is -2.41. The molecular weight excluding hydrogens is 170 g/mol. The maximum Gasteiger partial charge on any atom is 0.306 e. The van der Waals surface area contributed by atoms with Crippen LogP contribution in [0.3, 0.4) is 0 Å². The minimum Gasteiger partial charge on any atom is -0.481 e. The number of aliphatic carboxylic acids is 1. The molecule has 76 valence electrons. The van der Waals surface area contributed by atoms with Gasteiger partial charge in [-0.3, -0.25) is 9.63 Å². The van der Waals surface area contributed by atoms with Crippen LogP contribution in [-0.2, 0) is 9.63 Å². The molecule has 0 aromatic rings. The van der Waals surface area contributed by atoms with E-state index in [2.05, 4.69) is 6.92 Å². The van der Waals surface area contributed by atoms with Crippen molar-refractivity contribution in [3.05, 3.63) is 0 Å². The summed E-state index contributed by atoms with van der Waals surface area (Å²) in [4.78, 5) is 15.4. The van der Waals surface area contributed by atoms with Crippen molar-refractivity contribution in [2.45, 2.75) is 44.6 Å².